The molecule has 0 spiro atoms. The summed E-state index contributed by atoms with van der Waals surface area (Å²) < 4.78 is 31.4. The molecule has 0 saturated carbocycles. The summed E-state index contributed by atoms with van der Waals surface area (Å²) >= 11 is 1.57. The average molecular weight is 495 g/mol. The minimum Gasteiger partial charge on any atom is -0.454 e. The number of esters is 1. The van der Waals surface area contributed by atoms with Gasteiger partial charge in [-0.05, 0) is 35.4 Å². The lowest BCUT2D eigenvalue weighted by Gasteiger charge is -2.34. The molecule has 2 aliphatic rings. The lowest BCUT2D eigenvalue weighted by atomic mass is 9.96. The molecule has 9 heteroatoms. The van der Waals surface area contributed by atoms with Crippen molar-refractivity contribution in [1.82, 2.24) is 4.31 Å². The number of hydrogen-bond acceptors (Lipinski definition) is 6. The number of nitrogens with zero attached hydrogens (tertiary/aromatic N) is 2. The largest absolute Gasteiger partial charge is 0.454 e. The van der Waals surface area contributed by atoms with E-state index in [1.54, 1.807) is 16.7 Å². The van der Waals surface area contributed by atoms with Crippen LogP contribution in [0.1, 0.15) is 11.1 Å². The molecule has 2 heterocycles. The second kappa shape index (κ2) is 8.90. The van der Waals surface area contributed by atoms with Crippen molar-refractivity contribution in [3.63, 3.8) is 0 Å². The third-order valence-electron chi connectivity index (χ3n) is 5.92. The molecule has 0 fully saturated rings. The summed E-state index contributed by atoms with van der Waals surface area (Å²) in [5.74, 6) is -1.14. The molecule has 34 heavy (non-hydrogen) atoms. The van der Waals surface area contributed by atoms with Gasteiger partial charge in [-0.15, -0.1) is 0 Å². The molecule has 0 radical (unpaired) electrons. The Morgan fingerprint density at radius 1 is 0.912 bits per heavy atom. The van der Waals surface area contributed by atoms with Crippen molar-refractivity contribution in [2.75, 3.05) is 17.8 Å². The van der Waals surface area contributed by atoms with E-state index in [0.29, 0.717) is 0 Å². The Bertz CT molecular complexity index is 1340. The Kier molecular flexibility index (Phi) is 5.93. The predicted molar refractivity (Wildman–Crippen MR) is 129 cm³/mol. The highest BCUT2D eigenvalue weighted by molar-refractivity contribution is 7.99. The number of carbonyl (C=O) groups excluding carboxylic acids is 2. The molecule has 174 valence electrons. The zero-order chi connectivity index (χ0) is 23.9. The van der Waals surface area contributed by atoms with Crippen molar-refractivity contribution in [3.8, 4) is 0 Å². The highest BCUT2D eigenvalue weighted by Crippen LogP contribution is 2.47. The number of benzene rings is 3. The second-order valence-electron chi connectivity index (χ2n) is 8.17. The Morgan fingerprint density at radius 3 is 2.09 bits per heavy atom. The van der Waals surface area contributed by atoms with Gasteiger partial charge in [0.1, 0.15) is 6.04 Å². The summed E-state index contributed by atoms with van der Waals surface area (Å²) in [4.78, 5) is 29.7. The van der Waals surface area contributed by atoms with E-state index in [1.165, 1.54) is 0 Å². The van der Waals surface area contributed by atoms with E-state index in [1.807, 2.05) is 72.8 Å². The van der Waals surface area contributed by atoms with Gasteiger partial charge < -0.3 is 4.74 Å². The molecule has 0 aromatic heterocycles. The Balaban J connectivity index is 1.37. The van der Waals surface area contributed by atoms with Crippen molar-refractivity contribution >= 4 is 45.0 Å². The average Bonchev–Trinajstić information content (AvgIpc) is 2.84. The van der Waals surface area contributed by atoms with Crippen LogP contribution in [0.4, 0.5) is 11.4 Å². The third kappa shape index (κ3) is 4.22. The summed E-state index contributed by atoms with van der Waals surface area (Å²) in [6.45, 7) is -0.408. The van der Waals surface area contributed by atoms with Gasteiger partial charge >= 0.3 is 5.97 Å². The maximum atomic E-state index is 13.3. The highest BCUT2D eigenvalue weighted by atomic mass is 32.2. The summed E-state index contributed by atoms with van der Waals surface area (Å²) in [7, 11) is -3.67. The second-order valence-corrected chi connectivity index (χ2v) is 11.2. The molecule has 0 bridgehead atoms. The minimum absolute atomic E-state index is 0.0901. The monoisotopic (exact) mass is 494 g/mol. The smallest absolute Gasteiger partial charge is 0.325 e. The molecule has 1 amide bonds. The van der Waals surface area contributed by atoms with Crippen LogP contribution in [-0.2, 0) is 37.3 Å². The van der Waals surface area contributed by atoms with Crippen LogP contribution in [0, 0.1) is 0 Å². The van der Waals surface area contributed by atoms with Crippen LogP contribution < -0.4 is 4.90 Å². The first kappa shape index (κ1) is 22.6. The SMILES string of the molecule is CS(=O)(=O)N1Cc2ccccc2CC1C(=O)OCC(=O)N1c2ccccc2Sc2ccccc21. The van der Waals surface area contributed by atoms with Gasteiger partial charge in [-0.25, -0.2) is 8.42 Å². The first-order chi connectivity index (χ1) is 16.3. The number of amides is 1. The van der Waals surface area contributed by atoms with Crippen molar-refractivity contribution in [2.45, 2.75) is 28.8 Å². The highest BCUT2D eigenvalue weighted by Gasteiger charge is 2.38. The normalized spacial score (nSPS) is 17.3. The third-order valence-corrected chi connectivity index (χ3v) is 8.29. The van der Waals surface area contributed by atoms with Gasteiger partial charge in [-0.2, -0.15) is 4.31 Å². The van der Waals surface area contributed by atoms with Gasteiger partial charge in [0.15, 0.2) is 6.61 Å². The molecule has 0 saturated heterocycles. The van der Waals surface area contributed by atoms with Crippen LogP contribution in [0.5, 0.6) is 0 Å². The van der Waals surface area contributed by atoms with Crippen LogP contribution in [-0.4, -0.2) is 43.5 Å². The molecule has 5 rings (SSSR count). The minimum atomic E-state index is -3.67. The van der Waals surface area contributed by atoms with Crippen LogP contribution in [0.3, 0.4) is 0 Å². The maximum absolute atomic E-state index is 13.3. The van der Waals surface area contributed by atoms with E-state index in [4.69, 9.17) is 4.74 Å². The number of hydrogen-bond donors (Lipinski definition) is 0. The number of fused-ring (bicyclic) bond motifs is 3. The van der Waals surface area contributed by atoms with E-state index >= 15 is 0 Å². The summed E-state index contributed by atoms with van der Waals surface area (Å²) in [5, 5.41) is 0. The molecular formula is C25H22N2O5S2. The maximum Gasteiger partial charge on any atom is 0.325 e. The van der Waals surface area contributed by atoms with Crippen LogP contribution in [0.15, 0.2) is 82.6 Å². The molecule has 0 aliphatic carbocycles. The van der Waals surface area contributed by atoms with E-state index in [9.17, 15) is 18.0 Å². The van der Waals surface area contributed by atoms with Gasteiger partial charge in [0.25, 0.3) is 5.91 Å². The van der Waals surface area contributed by atoms with E-state index in [0.717, 1.165) is 42.9 Å². The zero-order valence-electron chi connectivity index (χ0n) is 18.4. The fourth-order valence-electron chi connectivity index (χ4n) is 4.32. The van der Waals surface area contributed by atoms with Gasteiger partial charge in [0.05, 0.1) is 17.6 Å². The fourth-order valence-corrected chi connectivity index (χ4v) is 6.37. The number of para-hydroxylation sites is 2. The van der Waals surface area contributed by atoms with Crippen molar-refractivity contribution in [3.05, 3.63) is 83.9 Å². The predicted octanol–water partition coefficient (Wildman–Crippen LogP) is 3.75. The van der Waals surface area contributed by atoms with E-state index in [-0.39, 0.29) is 13.0 Å². The summed E-state index contributed by atoms with van der Waals surface area (Å²) in [5.41, 5.74) is 3.19. The first-order valence-corrected chi connectivity index (χ1v) is 13.4. The van der Waals surface area contributed by atoms with Gasteiger partial charge in [-0.3, -0.25) is 14.5 Å². The molecule has 3 aromatic rings. The first-order valence-electron chi connectivity index (χ1n) is 10.7. The van der Waals surface area contributed by atoms with Crippen LogP contribution in [0.25, 0.3) is 0 Å². The number of sulfonamides is 1. The van der Waals surface area contributed by atoms with Gasteiger partial charge in [-0.1, -0.05) is 60.3 Å². The molecule has 2 aliphatic heterocycles. The summed E-state index contributed by atoms with van der Waals surface area (Å²) in [6, 6.07) is 21.5. The molecule has 7 nitrogen and oxygen atoms in total. The van der Waals surface area contributed by atoms with Crippen molar-refractivity contribution < 1.29 is 22.7 Å². The Hall–Kier alpha value is -3.14. The zero-order valence-corrected chi connectivity index (χ0v) is 20.0. The molecular weight excluding hydrogens is 472 g/mol. The molecule has 3 aromatic carbocycles. The number of carbonyl (C=O) groups is 2. The summed E-state index contributed by atoms with van der Waals surface area (Å²) in [6.07, 6.45) is 1.27. The number of rotatable bonds is 4. The topological polar surface area (TPSA) is 84.0 Å². The Morgan fingerprint density at radius 2 is 1.47 bits per heavy atom. The van der Waals surface area contributed by atoms with Crippen molar-refractivity contribution in [2.24, 2.45) is 0 Å². The Labute approximate surface area is 202 Å². The molecule has 1 unspecified atom stereocenters. The molecule has 0 N–H and O–H groups in total. The van der Waals surface area contributed by atoms with Gasteiger partial charge in [0.2, 0.25) is 10.0 Å². The van der Waals surface area contributed by atoms with E-state index < -0.39 is 34.5 Å². The number of ether oxygens (including phenoxy) is 1. The lowest BCUT2D eigenvalue weighted by molar-refractivity contribution is -0.152. The quantitative estimate of drug-likeness (QED) is 0.514. The van der Waals surface area contributed by atoms with Crippen molar-refractivity contribution in [1.29, 1.82) is 0 Å². The standard InChI is InChI=1S/C25H22N2O5S2/c1-34(30,31)26-15-18-9-3-2-8-17(18)14-21(26)25(29)32-16-24(28)27-19-10-4-6-12-22(19)33-23-13-7-5-11-20(23)27/h2-13,21H,14-16H2,1H3. The van der Waals surface area contributed by atoms with E-state index in [2.05, 4.69) is 0 Å². The van der Waals surface area contributed by atoms with Crippen LogP contribution in [0.2, 0.25) is 0 Å². The van der Waals surface area contributed by atoms with Gasteiger partial charge in [0, 0.05) is 22.8 Å². The molecule has 1 atom stereocenters. The fraction of sp³-hybridized carbons (Fsp3) is 0.200. The van der Waals surface area contributed by atoms with Crippen LogP contribution >= 0.6 is 11.8 Å². The number of anilines is 2. The lowest BCUT2D eigenvalue weighted by Crippen LogP contribution is -2.49.